The summed E-state index contributed by atoms with van der Waals surface area (Å²) in [5.74, 6) is 1.74. The molecule has 0 aromatic carbocycles. The summed E-state index contributed by atoms with van der Waals surface area (Å²) < 4.78 is 10.5. The first-order valence-corrected chi connectivity index (χ1v) is 6.22. The third-order valence-electron chi connectivity index (χ3n) is 3.60. The topological polar surface area (TPSA) is 91.0 Å². The van der Waals surface area contributed by atoms with Gasteiger partial charge in [-0.2, -0.15) is 4.98 Å². The zero-order valence-electron chi connectivity index (χ0n) is 10.6. The predicted molar refractivity (Wildman–Crippen MR) is 63.6 cm³/mol. The zero-order chi connectivity index (χ0) is 12.8. The minimum atomic E-state index is -0.404. The Bertz CT molecular complexity index is 568. The Kier molecular flexibility index (Phi) is 2.48. The maximum atomic E-state index is 6.18. The van der Waals surface area contributed by atoms with E-state index in [0.717, 1.165) is 36.9 Å². The average molecular weight is 248 g/mol. The van der Waals surface area contributed by atoms with E-state index in [9.17, 15) is 0 Å². The van der Waals surface area contributed by atoms with E-state index in [4.69, 9.17) is 14.8 Å². The Labute approximate surface area is 105 Å². The third kappa shape index (κ3) is 1.56. The molecule has 0 saturated heterocycles. The Balaban J connectivity index is 2.00. The zero-order valence-corrected chi connectivity index (χ0v) is 10.6. The van der Waals surface area contributed by atoms with Crippen LogP contribution >= 0.6 is 0 Å². The quantitative estimate of drug-likeness (QED) is 0.892. The van der Waals surface area contributed by atoms with Gasteiger partial charge in [-0.3, -0.25) is 0 Å². The smallest absolute Gasteiger partial charge is 0.263 e. The molecule has 1 aliphatic rings. The van der Waals surface area contributed by atoms with E-state index in [0.29, 0.717) is 17.5 Å². The van der Waals surface area contributed by atoms with Gasteiger partial charge in [0.2, 0.25) is 0 Å². The van der Waals surface area contributed by atoms with E-state index in [1.807, 2.05) is 13.8 Å². The van der Waals surface area contributed by atoms with Crippen LogP contribution in [0.5, 0.6) is 0 Å². The number of aryl methyl sites for hydroxylation is 2. The standard InChI is InChI=1S/C12H16N4O2/c1-3-8-9(7(2)17-15-8)10-14-11(16-18-10)12(13)5-4-6-12/h3-6,13H2,1-2H3. The van der Waals surface area contributed by atoms with E-state index >= 15 is 0 Å². The molecule has 0 aliphatic heterocycles. The first-order valence-electron chi connectivity index (χ1n) is 6.22. The summed E-state index contributed by atoms with van der Waals surface area (Å²) in [6.45, 7) is 3.85. The molecule has 0 atom stereocenters. The van der Waals surface area contributed by atoms with Gasteiger partial charge in [-0.25, -0.2) is 0 Å². The summed E-state index contributed by atoms with van der Waals surface area (Å²) in [5, 5.41) is 7.98. The maximum Gasteiger partial charge on any atom is 0.263 e. The van der Waals surface area contributed by atoms with Crippen molar-refractivity contribution in [2.75, 3.05) is 0 Å². The second-order valence-corrected chi connectivity index (χ2v) is 4.85. The molecule has 2 N–H and O–H groups in total. The van der Waals surface area contributed by atoms with Crippen LogP contribution < -0.4 is 5.73 Å². The molecule has 96 valence electrons. The van der Waals surface area contributed by atoms with Crippen LogP contribution in [0.15, 0.2) is 9.05 Å². The molecule has 0 amide bonds. The Morgan fingerprint density at radius 2 is 2.06 bits per heavy atom. The van der Waals surface area contributed by atoms with E-state index < -0.39 is 5.54 Å². The van der Waals surface area contributed by atoms with Crippen molar-refractivity contribution < 1.29 is 9.05 Å². The summed E-state index contributed by atoms with van der Waals surface area (Å²) in [6.07, 6.45) is 3.70. The second-order valence-electron chi connectivity index (χ2n) is 4.85. The van der Waals surface area contributed by atoms with E-state index in [2.05, 4.69) is 15.3 Å². The van der Waals surface area contributed by atoms with Crippen LogP contribution in [-0.2, 0) is 12.0 Å². The van der Waals surface area contributed by atoms with Gasteiger partial charge in [-0.1, -0.05) is 17.2 Å². The highest BCUT2D eigenvalue weighted by Gasteiger charge is 2.39. The molecule has 2 aromatic heterocycles. The monoisotopic (exact) mass is 248 g/mol. The number of hydrogen-bond donors (Lipinski definition) is 1. The van der Waals surface area contributed by atoms with Crippen molar-refractivity contribution in [1.29, 1.82) is 0 Å². The van der Waals surface area contributed by atoms with Gasteiger partial charge < -0.3 is 14.8 Å². The molecular formula is C12H16N4O2. The SMILES string of the molecule is CCc1noc(C)c1-c1nc(C2(N)CCC2)no1. The highest BCUT2D eigenvalue weighted by Crippen LogP contribution is 2.38. The summed E-state index contributed by atoms with van der Waals surface area (Å²) in [7, 11) is 0. The van der Waals surface area contributed by atoms with Crippen LogP contribution in [0.3, 0.4) is 0 Å². The van der Waals surface area contributed by atoms with Crippen molar-refractivity contribution in [2.45, 2.75) is 45.1 Å². The molecular weight excluding hydrogens is 232 g/mol. The normalized spacial score (nSPS) is 17.7. The van der Waals surface area contributed by atoms with E-state index in [-0.39, 0.29) is 0 Å². The van der Waals surface area contributed by atoms with Crippen molar-refractivity contribution in [2.24, 2.45) is 5.73 Å². The Hall–Kier alpha value is -1.69. The Morgan fingerprint density at radius 1 is 1.28 bits per heavy atom. The minimum absolute atomic E-state index is 0.404. The molecule has 1 fully saturated rings. The van der Waals surface area contributed by atoms with Crippen LogP contribution in [0.25, 0.3) is 11.5 Å². The van der Waals surface area contributed by atoms with Crippen LogP contribution in [0.1, 0.15) is 43.5 Å². The fraction of sp³-hybridized carbons (Fsp3) is 0.583. The molecule has 3 rings (SSSR count). The number of rotatable bonds is 3. The second kappa shape index (κ2) is 3.91. The van der Waals surface area contributed by atoms with Gasteiger partial charge in [0.15, 0.2) is 5.82 Å². The molecule has 1 aliphatic carbocycles. The van der Waals surface area contributed by atoms with E-state index in [1.165, 1.54) is 0 Å². The number of hydrogen-bond acceptors (Lipinski definition) is 6. The van der Waals surface area contributed by atoms with Gasteiger partial charge in [0, 0.05) is 0 Å². The largest absolute Gasteiger partial charge is 0.361 e. The first-order chi connectivity index (χ1) is 8.64. The average Bonchev–Trinajstić information content (AvgIpc) is 2.92. The van der Waals surface area contributed by atoms with Gasteiger partial charge in [-0.15, -0.1) is 0 Å². The molecule has 2 aromatic rings. The molecule has 2 heterocycles. The lowest BCUT2D eigenvalue weighted by Gasteiger charge is -2.34. The summed E-state index contributed by atoms with van der Waals surface area (Å²) >= 11 is 0. The first kappa shape index (κ1) is 11.4. The van der Waals surface area contributed by atoms with Gasteiger partial charge in [-0.05, 0) is 32.6 Å². The van der Waals surface area contributed by atoms with Crippen LogP contribution in [0.4, 0.5) is 0 Å². The van der Waals surface area contributed by atoms with Gasteiger partial charge >= 0.3 is 0 Å². The molecule has 0 unspecified atom stereocenters. The molecule has 6 heteroatoms. The highest BCUT2D eigenvalue weighted by molar-refractivity contribution is 5.58. The lowest BCUT2D eigenvalue weighted by molar-refractivity contribution is 0.229. The summed E-state index contributed by atoms with van der Waals surface area (Å²) in [6, 6.07) is 0. The van der Waals surface area contributed by atoms with Crippen LogP contribution in [0, 0.1) is 6.92 Å². The highest BCUT2D eigenvalue weighted by atomic mass is 16.5. The van der Waals surface area contributed by atoms with Crippen LogP contribution in [0.2, 0.25) is 0 Å². The van der Waals surface area contributed by atoms with Gasteiger partial charge in [0.05, 0.1) is 11.2 Å². The van der Waals surface area contributed by atoms with Crippen molar-refractivity contribution in [3.63, 3.8) is 0 Å². The minimum Gasteiger partial charge on any atom is -0.361 e. The fourth-order valence-electron chi connectivity index (χ4n) is 2.24. The van der Waals surface area contributed by atoms with E-state index in [1.54, 1.807) is 0 Å². The Morgan fingerprint density at radius 3 is 2.67 bits per heavy atom. The fourth-order valence-corrected chi connectivity index (χ4v) is 2.24. The maximum absolute atomic E-state index is 6.18. The number of aromatic nitrogens is 3. The van der Waals surface area contributed by atoms with Crippen molar-refractivity contribution in [3.05, 3.63) is 17.3 Å². The lowest BCUT2D eigenvalue weighted by atomic mass is 9.77. The molecule has 0 bridgehead atoms. The van der Waals surface area contributed by atoms with Gasteiger partial charge in [0.25, 0.3) is 5.89 Å². The summed E-state index contributed by atoms with van der Waals surface area (Å²) in [5.41, 5.74) is 7.41. The molecule has 18 heavy (non-hydrogen) atoms. The van der Waals surface area contributed by atoms with Crippen molar-refractivity contribution in [1.82, 2.24) is 15.3 Å². The molecule has 0 spiro atoms. The molecule has 0 radical (unpaired) electrons. The number of nitrogens with two attached hydrogens (primary N) is 1. The number of nitrogens with zero attached hydrogens (tertiary/aromatic N) is 3. The predicted octanol–water partition coefficient (Wildman–Crippen LogP) is 1.93. The van der Waals surface area contributed by atoms with Crippen molar-refractivity contribution in [3.8, 4) is 11.5 Å². The lowest BCUT2D eigenvalue weighted by Crippen LogP contribution is -2.44. The summed E-state index contributed by atoms with van der Waals surface area (Å²) in [4.78, 5) is 4.41. The third-order valence-corrected chi connectivity index (χ3v) is 3.60. The van der Waals surface area contributed by atoms with Crippen LogP contribution in [-0.4, -0.2) is 15.3 Å². The molecule has 6 nitrogen and oxygen atoms in total. The van der Waals surface area contributed by atoms with Gasteiger partial charge in [0.1, 0.15) is 11.3 Å². The molecule has 1 saturated carbocycles. The van der Waals surface area contributed by atoms with Crippen molar-refractivity contribution >= 4 is 0 Å².